The summed E-state index contributed by atoms with van der Waals surface area (Å²) in [5.41, 5.74) is 2.46. The maximum atomic E-state index is 12.7. The molecule has 7 heteroatoms. The predicted octanol–water partition coefficient (Wildman–Crippen LogP) is 1.74. The lowest BCUT2D eigenvalue weighted by molar-refractivity contribution is -0.129. The summed E-state index contributed by atoms with van der Waals surface area (Å²) < 4.78 is 0. The van der Waals surface area contributed by atoms with Gasteiger partial charge in [0, 0.05) is 31.7 Å². The number of nitrogens with one attached hydrogen (secondary N) is 2. The fourth-order valence-corrected chi connectivity index (χ4v) is 3.64. The Balaban J connectivity index is 1.40. The van der Waals surface area contributed by atoms with Gasteiger partial charge in [0.2, 0.25) is 0 Å². The van der Waals surface area contributed by atoms with Crippen LogP contribution in [0.5, 0.6) is 0 Å². The molecule has 0 saturated carbocycles. The van der Waals surface area contributed by atoms with E-state index < -0.39 is 6.04 Å². The molecule has 2 aromatic rings. The lowest BCUT2D eigenvalue weighted by Crippen LogP contribution is -2.53. The minimum Gasteiger partial charge on any atom is -0.336 e. The summed E-state index contributed by atoms with van der Waals surface area (Å²) in [6.07, 6.45) is 5.07. The number of piperazine rings is 2. The second-order valence-corrected chi connectivity index (χ2v) is 7.99. The summed E-state index contributed by atoms with van der Waals surface area (Å²) in [7, 11) is 2.05. The molecular weight excluding hydrogens is 404 g/mol. The molecule has 0 radical (unpaired) electrons. The third-order valence-electron chi connectivity index (χ3n) is 5.61. The van der Waals surface area contributed by atoms with E-state index in [-0.39, 0.29) is 23.4 Å². The number of carbonyl (C=O) groups excluding carboxylic acids is 3. The molecule has 2 aliphatic heterocycles. The Kier molecular flexibility index (Phi) is 6.47. The zero-order valence-corrected chi connectivity index (χ0v) is 18.0. The van der Waals surface area contributed by atoms with Crippen LogP contribution in [0.25, 0.3) is 12.2 Å². The average molecular weight is 431 g/mol. The van der Waals surface area contributed by atoms with Crippen LogP contribution >= 0.6 is 0 Å². The monoisotopic (exact) mass is 430 g/mol. The summed E-state index contributed by atoms with van der Waals surface area (Å²) >= 11 is 0. The second-order valence-electron chi connectivity index (χ2n) is 7.99. The van der Waals surface area contributed by atoms with Crippen LogP contribution in [0, 0.1) is 0 Å². The maximum Gasteiger partial charge on any atom is 0.268 e. The van der Waals surface area contributed by atoms with Crippen molar-refractivity contribution in [2.45, 2.75) is 6.04 Å². The van der Waals surface area contributed by atoms with Crippen LogP contribution in [-0.2, 0) is 9.59 Å². The minimum absolute atomic E-state index is 0.00839. The van der Waals surface area contributed by atoms with Crippen LogP contribution in [0.15, 0.2) is 66.4 Å². The van der Waals surface area contributed by atoms with Crippen molar-refractivity contribution in [3.63, 3.8) is 0 Å². The van der Waals surface area contributed by atoms with Crippen molar-refractivity contribution >= 4 is 29.9 Å². The van der Waals surface area contributed by atoms with Gasteiger partial charge in [-0.15, -0.1) is 0 Å². The van der Waals surface area contributed by atoms with E-state index >= 15 is 0 Å². The first-order chi connectivity index (χ1) is 15.5. The Morgan fingerprint density at radius 1 is 0.938 bits per heavy atom. The van der Waals surface area contributed by atoms with Crippen LogP contribution in [0.4, 0.5) is 0 Å². The van der Waals surface area contributed by atoms with Gasteiger partial charge in [0.15, 0.2) is 0 Å². The van der Waals surface area contributed by atoms with E-state index in [4.69, 9.17) is 0 Å². The highest BCUT2D eigenvalue weighted by molar-refractivity contribution is 6.08. The summed E-state index contributed by atoms with van der Waals surface area (Å²) in [6.45, 7) is 3.17. The smallest absolute Gasteiger partial charge is 0.268 e. The molecule has 2 heterocycles. The first-order valence-corrected chi connectivity index (χ1v) is 10.6. The fourth-order valence-electron chi connectivity index (χ4n) is 3.64. The standard InChI is InChI=1S/C25H26N4O3/c1-28-13-15-29(16-14-28)25(32)20-10-7-19(8-11-20)17-22-24(31)26-21(23(30)27-22)12-9-18-5-3-2-4-6-18/h2-12,17,21H,13-16H2,1H3,(H,26,31)(H,27,30). The molecule has 2 N–H and O–H groups in total. The Morgan fingerprint density at radius 2 is 1.62 bits per heavy atom. The van der Waals surface area contributed by atoms with Gasteiger partial charge < -0.3 is 20.4 Å². The Labute approximate surface area is 187 Å². The highest BCUT2D eigenvalue weighted by Crippen LogP contribution is 2.14. The van der Waals surface area contributed by atoms with Crippen LogP contribution in [0.1, 0.15) is 21.5 Å². The molecule has 2 fully saturated rings. The average Bonchev–Trinajstić information content (AvgIpc) is 2.81. The molecule has 0 bridgehead atoms. The van der Waals surface area contributed by atoms with E-state index in [0.29, 0.717) is 18.7 Å². The van der Waals surface area contributed by atoms with E-state index in [1.807, 2.05) is 42.3 Å². The Bertz CT molecular complexity index is 1050. The summed E-state index contributed by atoms with van der Waals surface area (Å²) in [5, 5.41) is 5.39. The van der Waals surface area contributed by atoms with E-state index in [9.17, 15) is 14.4 Å². The number of amides is 3. The lowest BCUT2D eigenvalue weighted by atomic mass is 10.1. The molecule has 2 aromatic carbocycles. The SMILES string of the molecule is CN1CCN(C(=O)c2ccc(C=C3NC(=O)C(C=Cc4ccccc4)NC3=O)cc2)CC1. The van der Waals surface area contributed by atoms with Crippen molar-refractivity contribution in [2.75, 3.05) is 33.2 Å². The number of rotatable bonds is 4. The number of hydrogen-bond acceptors (Lipinski definition) is 4. The van der Waals surface area contributed by atoms with Gasteiger partial charge in [0.25, 0.3) is 17.7 Å². The molecule has 0 aliphatic carbocycles. The van der Waals surface area contributed by atoms with E-state index in [2.05, 4.69) is 15.5 Å². The number of hydrogen-bond donors (Lipinski definition) is 2. The van der Waals surface area contributed by atoms with Crippen molar-refractivity contribution in [2.24, 2.45) is 0 Å². The summed E-state index contributed by atoms with van der Waals surface area (Å²) in [6, 6.07) is 15.9. The third kappa shape index (κ3) is 5.12. The molecule has 1 unspecified atom stereocenters. The van der Waals surface area contributed by atoms with Gasteiger partial charge in [-0.1, -0.05) is 54.6 Å². The zero-order chi connectivity index (χ0) is 22.5. The molecule has 4 rings (SSSR count). The van der Waals surface area contributed by atoms with Crippen molar-refractivity contribution < 1.29 is 14.4 Å². The first kappa shape index (κ1) is 21.5. The van der Waals surface area contributed by atoms with Crippen molar-refractivity contribution in [1.29, 1.82) is 0 Å². The minimum atomic E-state index is -0.733. The van der Waals surface area contributed by atoms with Gasteiger partial charge in [0.05, 0.1) is 0 Å². The summed E-state index contributed by atoms with van der Waals surface area (Å²) in [4.78, 5) is 41.6. The van der Waals surface area contributed by atoms with Gasteiger partial charge >= 0.3 is 0 Å². The topological polar surface area (TPSA) is 81.8 Å². The lowest BCUT2D eigenvalue weighted by Gasteiger charge is -2.32. The molecule has 2 aliphatic rings. The van der Waals surface area contributed by atoms with E-state index in [1.54, 1.807) is 42.5 Å². The molecular formula is C25H26N4O3. The number of nitrogens with zero attached hydrogens (tertiary/aromatic N) is 2. The third-order valence-corrected chi connectivity index (χ3v) is 5.61. The van der Waals surface area contributed by atoms with Crippen molar-refractivity contribution in [3.05, 3.63) is 83.1 Å². The first-order valence-electron chi connectivity index (χ1n) is 10.6. The van der Waals surface area contributed by atoms with Gasteiger partial charge in [-0.25, -0.2) is 0 Å². The Hall–Kier alpha value is -3.71. The fraction of sp³-hybridized carbons (Fsp3) is 0.240. The van der Waals surface area contributed by atoms with E-state index in [0.717, 1.165) is 24.2 Å². The van der Waals surface area contributed by atoms with Gasteiger partial charge in [-0.2, -0.15) is 0 Å². The Morgan fingerprint density at radius 3 is 2.31 bits per heavy atom. The van der Waals surface area contributed by atoms with Crippen LogP contribution < -0.4 is 10.6 Å². The summed E-state index contributed by atoms with van der Waals surface area (Å²) in [5.74, 6) is -0.649. The molecule has 2 saturated heterocycles. The van der Waals surface area contributed by atoms with Gasteiger partial charge in [-0.3, -0.25) is 14.4 Å². The number of carbonyl (C=O) groups is 3. The number of likely N-dealkylation sites (N-methyl/N-ethyl adjacent to an activating group) is 1. The van der Waals surface area contributed by atoms with Crippen molar-refractivity contribution in [3.8, 4) is 0 Å². The molecule has 0 aromatic heterocycles. The van der Waals surface area contributed by atoms with E-state index in [1.165, 1.54) is 0 Å². The second kappa shape index (κ2) is 9.62. The molecule has 0 spiro atoms. The maximum absolute atomic E-state index is 12.7. The highest BCUT2D eigenvalue weighted by atomic mass is 16.2. The van der Waals surface area contributed by atoms with Crippen LogP contribution in [0.3, 0.4) is 0 Å². The molecule has 7 nitrogen and oxygen atoms in total. The largest absolute Gasteiger partial charge is 0.336 e. The predicted molar refractivity (Wildman–Crippen MR) is 123 cm³/mol. The number of benzene rings is 2. The normalized spacial score (nSPS) is 21.0. The molecule has 3 amide bonds. The molecule has 32 heavy (non-hydrogen) atoms. The quantitative estimate of drug-likeness (QED) is 0.724. The van der Waals surface area contributed by atoms with Crippen LogP contribution in [-0.4, -0.2) is 66.8 Å². The van der Waals surface area contributed by atoms with Gasteiger partial charge in [0.1, 0.15) is 11.7 Å². The molecule has 164 valence electrons. The molecule has 1 atom stereocenters. The zero-order valence-electron chi connectivity index (χ0n) is 18.0. The van der Waals surface area contributed by atoms with Gasteiger partial charge in [-0.05, 0) is 36.4 Å². The van der Waals surface area contributed by atoms with Crippen molar-refractivity contribution in [1.82, 2.24) is 20.4 Å². The highest BCUT2D eigenvalue weighted by Gasteiger charge is 2.28. The van der Waals surface area contributed by atoms with Crippen LogP contribution in [0.2, 0.25) is 0 Å².